The van der Waals surface area contributed by atoms with Gasteiger partial charge in [0, 0.05) is 23.6 Å². The van der Waals surface area contributed by atoms with Crippen LogP contribution in [0, 0.1) is 11.8 Å². The van der Waals surface area contributed by atoms with Crippen molar-refractivity contribution in [2.75, 3.05) is 6.54 Å². The highest BCUT2D eigenvalue weighted by Gasteiger charge is 2.03. The van der Waals surface area contributed by atoms with Gasteiger partial charge in [0.1, 0.15) is 0 Å². The third-order valence-electron chi connectivity index (χ3n) is 3.42. The molecule has 2 aromatic carbocycles. The molecule has 0 unspecified atom stereocenters. The summed E-state index contributed by atoms with van der Waals surface area (Å²) >= 11 is 0. The Balaban J connectivity index is 1.88. The number of rotatable bonds is 2. The van der Waals surface area contributed by atoms with Crippen molar-refractivity contribution >= 4 is 10.8 Å². The predicted octanol–water partition coefficient (Wildman–Crippen LogP) is 3.14. The number of nitrogens with two attached hydrogens (primary N) is 1. The first kappa shape index (κ1) is 13.4. The molecule has 2 heteroatoms. The van der Waals surface area contributed by atoms with Crippen LogP contribution in [-0.2, 0) is 6.42 Å². The van der Waals surface area contributed by atoms with E-state index >= 15 is 0 Å². The van der Waals surface area contributed by atoms with E-state index in [4.69, 9.17) is 5.73 Å². The molecule has 0 aliphatic rings. The first-order valence-electron chi connectivity index (χ1n) is 6.97. The zero-order valence-corrected chi connectivity index (χ0v) is 11.7. The average molecular weight is 272 g/mol. The molecule has 102 valence electrons. The van der Waals surface area contributed by atoms with Crippen LogP contribution in [0.25, 0.3) is 10.8 Å². The molecule has 0 radical (unpaired) electrons. The molecule has 1 aromatic heterocycles. The van der Waals surface area contributed by atoms with Crippen molar-refractivity contribution in [3.05, 3.63) is 77.6 Å². The summed E-state index contributed by atoms with van der Waals surface area (Å²) in [4.78, 5) is 4.53. The normalized spacial score (nSPS) is 10.1. The Kier molecular flexibility index (Phi) is 3.95. The summed E-state index contributed by atoms with van der Waals surface area (Å²) < 4.78 is 0. The monoisotopic (exact) mass is 272 g/mol. The minimum Gasteiger partial charge on any atom is -0.320 e. The van der Waals surface area contributed by atoms with Crippen LogP contribution in [0.4, 0.5) is 0 Å². The zero-order chi connectivity index (χ0) is 14.5. The smallest absolute Gasteiger partial charge is 0.0555 e. The molecule has 0 bridgehead atoms. The summed E-state index contributed by atoms with van der Waals surface area (Å²) in [5.74, 6) is 5.90. The fourth-order valence-electron chi connectivity index (χ4n) is 2.38. The number of fused-ring (bicyclic) bond motifs is 1. The van der Waals surface area contributed by atoms with Crippen LogP contribution in [-0.4, -0.2) is 11.5 Å². The summed E-state index contributed by atoms with van der Waals surface area (Å²) in [5.41, 5.74) is 8.71. The third-order valence-corrected chi connectivity index (χ3v) is 3.42. The fraction of sp³-hybridized carbons (Fsp3) is 0.105. The van der Waals surface area contributed by atoms with Crippen LogP contribution in [0.5, 0.6) is 0 Å². The van der Waals surface area contributed by atoms with Gasteiger partial charge in [-0.2, -0.15) is 0 Å². The molecule has 0 saturated heterocycles. The number of nitrogens with zero attached hydrogens (tertiary/aromatic N) is 1. The van der Waals surface area contributed by atoms with Crippen molar-refractivity contribution < 1.29 is 0 Å². The van der Waals surface area contributed by atoms with Gasteiger partial charge in [-0.3, -0.25) is 4.98 Å². The van der Waals surface area contributed by atoms with Crippen molar-refractivity contribution in [2.45, 2.75) is 6.42 Å². The maximum atomic E-state index is 5.38. The molecule has 0 spiro atoms. The quantitative estimate of drug-likeness (QED) is 0.728. The van der Waals surface area contributed by atoms with Crippen LogP contribution in [0.1, 0.15) is 16.8 Å². The molecule has 2 nitrogen and oxygen atoms in total. The average Bonchev–Trinajstić information content (AvgIpc) is 2.55. The third kappa shape index (κ3) is 3.10. The van der Waals surface area contributed by atoms with Gasteiger partial charge in [-0.1, -0.05) is 48.2 Å². The first-order chi connectivity index (χ1) is 10.4. The van der Waals surface area contributed by atoms with E-state index in [0.717, 1.165) is 17.7 Å². The summed E-state index contributed by atoms with van der Waals surface area (Å²) in [7, 11) is 0. The summed E-state index contributed by atoms with van der Waals surface area (Å²) in [6.07, 6.45) is 2.70. The Labute approximate surface area is 124 Å². The lowest BCUT2D eigenvalue weighted by Gasteiger charge is -2.06. The van der Waals surface area contributed by atoms with Gasteiger partial charge in [-0.25, -0.2) is 0 Å². The Morgan fingerprint density at radius 3 is 2.57 bits per heavy atom. The van der Waals surface area contributed by atoms with E-state index < -0.39 is 0 Å². The Bertz CT molecular complexity index is 803. The highest BCUT2D eigenvalue weighted by atomic mass is 14.7. The standard InChI is InChI=1S/C19H16N2/c20-12-3-4-15-7-9-16(10-8-15)14-19-18-6-2-1-5-17(18)11-13-21-19/h1-2,5-11,13H,12,14,20H2. The minimum atomic E-state index is 0.391. The summed E-state index contributed by atoms with van der Waals surface area (Å²) in [6.45, 7) is 0.391. The van der Waals surface area contributed by atoms with Crippen molar-refractivity contribution in [2.24, 2.45) is 5.73 Å². The molecule has 0 saturated carbocycles. The van der Waals surface area contributed by atoms with Crippen molar-refractivity contribution in [3.8, 4) is 11.8 Å². The zero-order valence-electron chi connectivity index (χ0n) is 11.7. The van der Waals surface area contributed by atoms with E-state index in [1.807, 2.05) is 24.4 Å². The number of hydrogen-bond donors (Lipinski definition) is 1. The Morgan fingerprint density at radius 2 is 1.76 bits per heavy atom. The van der Waals surface area contributed by atoms with Gasteiger partial charge in [-0.05, 0) is 29.1 Å². The van der Waals surface area contributed by atoms with Crippen LogP contribution in [0.15, 0.2) is 60.8 Å². The molecule has 0 atom stereocenters. The fourth-order valence-corrected chi connectivity index (χ4v) is 2.38. The van der Waals surface area contributed by atoms with Crippen LogP contribution in [0.3, 0.4) is 0 Å². The van der Waals surface area contributed by atoms with Gasteiger partial charge in [0.15, 0.2) is 0 Å². The first-order valence-corrected chi connectivity index (χ1v) is 6.97. The van der Waals surface area contributed by atoms with Gasteiger partial charge in [-0.15, -0.1) is 0 Å². The van der Waals surface area contributed by atoms with E-state index in [1.54, 1.807) is 0 Å². The van der Waals surface area contributed by atoms with Crippen LogP contribution < -0.4 is 5.73 Å². The molecule has 21 heavy (non-hydrogen) atoms. The van der Waals surface area contributed by atoms with Gasteiger partial charge < -0.3 is 5.73 Å². The Morgan fingerprint density at radius 1 is 0.952 bits per heavy atom. The van der Waals surface area contributed by atoms with Gasteiger partial charge in [0.05, 0.1) is 12.2 Å². The molecule has 0 fully saturated rings. The number of benzene rings is 2. The molecule has 3 rings (SSSR count). The van der Waals surface area contributed by atoms with Crippen molar-refractivity contribution in [1.82, 2.24) is 4.98 Å². The van der Waals surface area contributed by atoms with Gasteiger partial charge in [0.25, 0.3) is 0 Å². The van der Waals surface area contributed by atoms with Crippen LogP contribution in [0.2, 0.25) is 0 Å². The lowest BCUT2D eigenvalue weighted by molar-refractivity contribution is 1.10. The molecule has 0 aliphatic heterocycles. The Hall–Kier alpha value is -2.63. The van der Waals surface area contributed by atoms with Crippen LogP contribution >= 0.6 is 0 Å². The lowest BCUT2D eigenvalue weighted by Crippen LogP contribution is -1.94. The predicted molar refractivity (Wildman–Crippen MR) is 86.9 cm³/mol. The van der Waals surface area contributed by atoms with E-state index in [1.165, 1.54) is 16.3 Å². The number of hydrogen-bond acceptors (Lipinski definition) is 2. The topological polar surface area (TPSA) is 38.9 Å². The van der Waals surface area contributed by atoms with E-state index in [0.29, 0.717) is 6.54 Å². The van der Waals surface area contributed by atoms with E-state index in [9.17, 15) is 0 Å². The van der Waals surface area contributed by atoms with E-state index in [-0.39, 0.29) is 0 Å². The molecule has 2 N–H and O–H groups in total. The SMILES string of the molecule is NCC#Cc1ccc(Cc2nccc3ccccc23)cc1. The number of aromatic nitrogens is 1. The maximum absolute atomic E-state index is 5.38. The molecule has 3 aromatic rings. The second kappa shape index (κ2) is 6.21. The summed E-state index contributed by atoms with van der Waals surface area (Å²) in [6, 6.07) is 18.7. The highest BCUT2D eigenvalue weighted by molar-refractivity contribution is 5.84. The van der Waals surface area contributed by atoms with Gasteiger partial charge in [0.2, 0.25) is 0 Å². The van der Waals surface area contributed by atoms with Crippen molar-refractivity contribution in [3.63, 3.8) is 0 Å². The molecule has 1 heterocycles. The molecular formula is C19H16N2. The molecular weight excluding hydrogens is 256 g/mol. The lowest BCUT2D eigenvalue weighted by atomic mass is 10.0. The second-order valence-electron chi connectivity index (χ2n) is 4.86. The minimum absolute atomic E-state index is 0.391. The van der Waals surface area contributed by atoms with Crippen molar-refractivity contribution in [1.29, 1.82) is 0 Å². The van der Waals surface area contributed by atoms with Gasteiger partial charge >= 0.3 is 0 Å². The highest BCUT2D eigenvalue weighted by Crippen LogP contribution is 2.19. The van der Waals surface area contributed by atoms with E-state index in [2.05, 4.69) is 53.2 Å². The largest absolute Gasteiger partial charge is 0.320 e. The summed E-state index contributed by atoms with van der Waals surface area (Å²) in [5, 5.41) is 2.44. The molecule has 0 amide bonds. The second-order valence-corrected chi connectivity index (χ2v) is 4.86. The molecule has 0 aliphatic carbocycles. The maximum Gasteiger partial charge on any atom is 0.0555 e. The number of pyridine rings is 1.